The highest BCUT2D eigenvalue weighted by Crippen LogP contribution is 2.38. The molecule has 0 bridgehead atoms. The first kappa shape index (κ1) is 15.8. The van der Waals surface area contributed by atoms with E-state index in [4.69, 9.17) is 11.6 Å². The van der Waals surface area contributed by atoms with E-state index in [1.54, 1.807) is 4.90 Å². The number of hydrogen-bond acceptors (Lipinski definition) is 3. The first-order chi connectivity index (χ1) is 9.79. The van der Waals surface area contributed by atoms with E-state index in [1.165, 1.54) is 0 Å². The van der Waals surface area contributed by atoms with Crippen molar-refractivity contribution in [3.05, 3.63) is 46.0 Å². The molecule has 1 aliphatic rings. The monoisotopic (exact) mass is 310 g/mol. The zero-order valence-electron chi connectivity index (χ0n) is 12.2. The fraction of sp³-hybridized carbons (Fsp3) is 0.533. The Hall–Kier alpha value is -1.62. The molecule has 1 saturated heterocycles. The molecule has 0 spiro atoms. The number of halogens is 1. The number of nitrogens with zero attached hydrogens (tertiary/aromatic N) is 2. The van der Waals surface area contributed by atoms with Gasteiger partial charge >= 0.3 is 0 Å². The Morgan fingerprint density at radius 3 is 2.52 bits per heavy atom. The Labute approximate surface area is 129 Å². The predicted molar refractivity (Wildman–Crippen MR) is 80.6 cm³/mol. The summed E-state index contributed by atoms with van der Waals surface area (Å²) in [5.74, 6) is -1.04. The SMILES string of the molecule is CC(C)(Cl)C1CN(Cc2ccccc2)C(=O)C1C[N+](=O)[O-]. The van der Waals surface area contributed by atoms with Crippen molar-refractivity contribution in [1.29, 1.82) is 0 Å². The fourth-order valence-electron chi connectivity index (χ4n) is 2.87. The van der Waals surface area contributed by atoms with E-state index in [1.807, 2.05) is 44.2 Å². The Kier molecular flexibility index (Phi) is 4.52. The van der Waals surface area contributed by atoms with Crippen LogP contribution in [0.25, 0.3) is 0 Å². The van der Waals surface area contributed by atoms with Crippen LogP contribution in [-0.2, 0) is 11.3 Å². The molecule has 0 aromatic heterocycles. The lowest BCUT2D eigenvalue weighted by Gasteiger charge is -2.26. The maximum atomic E-state index is 12.5. The van der Waals surface area contributed by atoms with E-state index in [0.717, 1.165) is 5.56 Å². The van der Waals surface area contributed by atoms with Crippen molar-refractivity contribution < 1.29 is 9.72 Å². The third-order valence-electron chi connectivity index (χ3n) is 3.98. The molecular weight excluding hydrogens is 292 g/mol. The minimum absolute atomic E-state index is 0.172. The molecule has 0 aliphatic carbocycles. The number of amides is 1. The van der Waals surface area contributed by atoms with E-state index < -0.39 is 15.7 Å². The van der Waals surface area contributed by atoms with Crippen LogP contribution in [0.1, 0.15) is 19.4 Å². The largest absolute Gasteiger partial charge is 0.338 e. The molecule has 1 amide bonds. The molecular formula is C15H19ClN2O3. The third-order valence-corrected chi connectivity index (χ3v) is 4.26. The van der Waals surface area contributed by atoms with E-state index >= 15 is 0 Å². The zero-order valence-corrected chi connectivity index (χ0v) is 12.9. The van der Waals surface area contributed by atoms with Crippen molar-refractivity contribution in [3.63, 3.8) is 0 Å². The average Bonchev–Trinajstić information content (AvgIpc) is 2.68. The van der Waals surface area contributed by atoms with Gasteiger partial charge in [-0.05, 0) is 19.4 Å². The lowest BCUT2D eigenvalue weighted by molar-refractivity contribution is -0.486. The number of benzene rings is 1. The Morgan fingerprint density at radius 2 is 2.00 bits per heavy atom. The molecule has 6 heteroatoms. The van der Waals surface area contributed by atoms with Crippen molar-refractivity contribution in [2.24, 2.45) is 11.8 Å². The van der Waals surface area contributed by atoms with Gasteiger partial charge in [-0.2, -0.15) is 0 Å². The maximum Gasteiger partial charge on any atom is 0.233 e. The van der Waals surface area contributed by atoms with Gasteiger partial charge in [-0.15, -0.1) is 11.6 Å². The third kappa shape index (κ3) is 3.73. The lowest BCUT2D eigenvalue weighted by atomic mass is 9.85. The standard InChI is InChI=1S/C15H19ClN2O3/c1-15(2,16)13-10-17(8-11-6-4-3-5-7-11)14(19)12(13)9-18(20)21/h3-7,12-13H,8-10H2,1-2H3. The van der Waals surface area contributed by atoms with Crippen molar-refractivity contribution in [1.82, 2.24) is 4.90 Å². The molecule has 2 atom stereocenters. The molecule has 5 nitrogen and oxygen atoms in total. The lowest BCUT2D eigenvalue weighted by Crippen LogP contribution is -2.35. The molecule has 21 heavy (non-hydrogen) atoms. The van der Waals surface area contributed by atoms with Gasteiger partial charge in [0.1, 0.15) is 5.92 Å². The number of nitro groups is 1. The van der Waals surface area contributed by atoms with Gasteiger partial charge in [0.15, 0.2) is 0 Å². The van der Waals surface area contributed by atoms with Gasteiger partial charge in [0.2, 0.25) is 12.5 Å². The minimum Gasteiger partial charge on any atom is -0.338 e. The quantitative estimate of drug-likeness (QED) is 0.477. The molecule has 2 unspecified atom stereocenters. The van der Waals surface area contributed by atoms with E-state index in [2.05, 4.69) is 0 Å². The van der Waals surface area contributed by atoms with Crippen LogP contribution in [0.5, 0.6) is 0 Å². The molecule has 1 fully saturated rings. The molecule has 1 aromatic rings. The second-order valence-corrected chi connectivity index (χ2v) is 6.97. The van der Waals surface area contributed by atoms with Crippen LogP contribution in [-0.4, -0.2) is 33.7 Å². The summed E-state index contributed by atoms with van der Waals surface area (Å²) in [7, 11) is 0. The summed E-state index contributed by atoms with van der Waals surface area (Å²) in [5.41, 5.74) is 1.01. The van der Waals surface area contributed by atoms with Gasteiger partial charge in [0.25, 0.3) is 0 Å². The van der Waals surface area contributed by atoms with Gasteiger partial charge in [-0.3, -0.25) is 14.9 Å². The number of alkyl halides is 1. The summed E-state index contributed by atoms with van der Waals surface area (Å²) in [4.78, 5) is 23.9. The number of hydrogen-bond donors (Lipinski definition) is 0. The van der Waals surface area contributed by atoms with Crippen LogP contribution in [0.15, 0.2) is 30.3 Å². The first-order valence-corrected chi connectivity index (χ1v) is 7.30. The zero-order chi connectivity index (χ0) is 15.6. The molecule has 0 saturated carbocycles. The Balaban J connectivity index is 2.18. The summed E-state index contributed by atoms with van der Waals surface area (Å²) < 4.78 is 0. The van der Waals surface area contributed by atoms with Crippen LogP contribution in [0.3, 0.4) is 0 Å². The molecule has 0 radical (unpaired) electrons. The second kappa shape index (κ2) is 6.02. The van der Waals surface area contributed by atoms with E-state index in [0.29, 0.717) is 13.1 Å². The smallest absolute Gasteiger partial charge is 0.233 e. The van der Waals surface area contributed by atoms with E-state index in [9.17, 15) is 14.9 Å². The van der Waals surface area contributed by atoms with Crippen molar-refractivity contribution in [2.75, 3.05) is 13.1 Å². The predicted octanol–water partition coefficient (Wildman–Crippen LogP) is 2.56. The summed E-state index contributed by atoms with van der Waals surface area (Å²) in [6.45, 7) is 4.20. The number of carbonyl (C=O) groups excluding carboxylic acids is 1. The number of carbonyl (C=O) groups is 1. The second-order valence-electron chi connectivity index (χ2n) is 6.00. The highest BCUT2D eigenvalue weighted by atomic mass is 35.5. The Bertz CT molecular complexity index is 527. The van der Waals surface area contributed by atoms with Crippen LogP contribution in [0.4, 0.5) is 0 Å². The summed E-state index contributed by atoms with van der Waals surface area (Å²) in [6.07, 6.45) is 0. The Morgan fingerprint density at radius 1 is 1.38 bits per heavy atom. The van der Waals surface area contributed by atoms with Crippen molar-refractivity contribution >= 4 is 17.5 Å². The highest BCUT2D eigenvalue weighted by molar-refractivity contribution is 6.23. The van der Waals surface area contributed by atoms with Crippen LogP contribution in [0.2, 0.25) is 0 Å². The highest BCUT2D eigenvalue weighted by Gasteiger charge is 2.49. The number of rotatable bonds is 5. The topological polar surface area (TPSA) is 63.5 Å². The van der Waals surface area contributed by atoms with Crippen molar-refractivity contribution in [3.8, 4) is 0 Å². The molecule has 1 aliphatic heterocycles. The molecule has 2 rings (SSSR count). The van der Waals surface area contributed by atoms with Crippen LogP contribution < -0.4 is 0 Å². The van der Waals surface area contributed by atoms with Crippen LogP contribution >= 0.6 is 11.6 Å². The fourth-order valence-corrected chi connectivity index (χ4v) is 3.09. The molecule has 1 aromatic carbocycles. The molecule has 0 N–H and O–H groups in total. The summed E-state index contributed by atoms with van der Waals surface area (Å²) in [5, 5.41) is 10.8. The van der Waals surface area contributed by atoms with Gasteiger partial charge in [-0.1, -0.05) is 30.3 Å². The van der Waals surface area contributed by atoms with Gasteiger partial charge in [-0.25, -0.2) is 0 Å². The average molecular weight is 311 g/mol. The molecule has 114 valence electrons. The van der Waals surface area contributed by atoms with Crippen LogP contribution in [0, 0.1) is 22.0 Å². The van der Waals surface area contributed by atoms with Gasteiger partial charge in [0, 0.05) is 28.8 Å². The molecule has 1 heterocycles. The first-order valence-electron chi connectivity index (χ1n) is 6.92. The minimum atomic E-state index is -0.651. The summed E-state index contributed by atoms with van der Waals surface area (Å²) >= 11 is 6.35. The van der Waals surface area contributed by atoms with Gasteiger partial charge < -0.3 is 4.90 Å². The van der Waals surface area contributed by atoms with Gasteiger partial charge in [0.05, 0.1) is 0 Å². The normalized spacial score (nSPS) is 22.6. The summed E-state index contributed by atoms with van der Waals surface area (Å²) in [6, 6.07) is 9.61. The maximum absolute atomic E-state index is 12.5. The number of likely N-dealkylation sites (tertiary alicyclic amines) is 1. The van der Waals surface area contributed by atoms with Crippen molar-refractivity contribution in [2.45, 2.75) is 25.3 Å². The van der Waals surface area contributed by atoms with E-state index in [-0.39, 0.29) is 18.4 Å².